The molecule has 0 fully saturated rings. The molecule has 122 valence electrons. The van der Waals surface area contributed by atoms with Crippen molar-refractivity contribution in [1.82, 2.24) is 0 Å². The molecule has 0 aliphatic heterocycles. The molecule has 3 rings (SSSR count). The van der Waals surface area contributed by atoms with E-state index in [1.165, 1.54) is 0 Å². The van der Waals surface area contributed by atoms with Crippen LogP contribution in [0.25, 0.3) is 11.1 Å². The van der Waals surface area contributed by atoms with E-state index in [-0.39, 0.29) is 4.90 Å². The predicted molar refractivity (Wildman–Crippen MR) is 98.9 cm³/mol. The molecule has 0 atom stereocenters. The maximum Gasteiger partial charge on any atom is 0.261 e. The number of hydrogen-bond acceptors (Lipinski definition) is 2. The lowest BCUT2D eigenvalue weighted by Gasteiger charge is -2.12. The molecule has 0 saturated heterocycles. The van der Waals surface area contributed by atoms with Gasteiger partial charge in [-0.3, -0.25) is 4.72 Å². The third-order valence-electron chi connectivity index (χ3n) is 3.78. The van der Waals surface area contributed by atoms with E-state index in [1.54, 1.807) is 49.4 Å². The third kappa shape index (κ3) is 3.45. The second kappa shape index (κ2) is 6.67. The standard InChI is InChI=1S/C19H16ClNO2S/c1-14-18(20)8-5-9-19(14)21-24(22,23)17-12-10-16(11-13-17)15-6-3-2-4-7-15/h2-13,21H,1H3. The van der Waals surface area contributed by atoms with Gasteiger partial charge in [-0.25, -0.2) is 8.42 Å². The molecule has 0 saturated carbocycles. The fourth-order valence-electron chi connectivity index (χ4n) is 2.38. The zero-order valence-corrected chi connectivity index (χ0v) is 14.6. The second-order valence-corrected chi connectivity index (χ2v) is 7.50. The SMILES string of the molecule is Cc1c(Cl)cccc1NS(=O)(=O)c1ccc(-c2ccccc2)cc1. The van der Waals surface area contributed by atoms with Crippen LogP contribution in [-0.2, 0) is 10.0 Å². The van der Waals surface area contributed by atoms with E-state index in [1.807, 2.05) is 30.3 Å². The first kappa shape index (κ1) is 16.6. The van der Waals surface area contributed by atoms with Crippen LogP contribution < -0.4 is 4.72 Å². The Balaban J connectivity index is 1.89. The monoisotopic (exact) mass is 357 g/mol. The topological polar surface area (TPSA) is 46.2 Å². The van der Waals surface area contributed by atoms with Crippen LogP contribution in [0.4, 0.5) is 5.69 Å². The van der Waals surface area contributed by atoms with Gasteiger partial charge in [0.05, 0.1) is 10.6 Å². The first-order chi connectivity index (χ1) is 11.5. The molecule has 0 aromatic heterocycles. The van der Waals surface area contributed by atoms with E-state index in [0.717, 1.165) is 11.1 Å². The molecule has 24 heavy (non-hydrogen) atoms. The van der Waals surface area contributed by atoms with Crippen molar-refractivity contribution in [1.29, 1.82) is 0 Å². The Hall–Kier alpha value is -2.30. The molecule has 1 N–H and O–H groups in total. The predicted octanol–water partition coefficient (Wildman–Crippen LogP) is 5.12. The van der Waals surface area contributed by atoms with Crippen LogP contribution in [0, 0.1) is 6.92 Å². The van der Waals surface area contributed by atoms with Gasteiger partial charge in [-0.05, 0) is 47.9 Å². The molecule has 0 bridgehead atoms. The number of rotatable bonds is 4. The van der Waals surface area contributed by atoms with E-state index in [4.69, 9.17) is 11.6 Å². The van der Waals surface area contributed by atoms with Crippen LogP contribution >= 0.6 is 11.6 Å². The summed E-state index contributed by atoms with van der Waals surface area (Å²) in [6.07, 6.45) is 0. The van der Waals surface area contributed by atoms with Gasteiger partial charge in [0, 0.05) is 5.02 Å². The van der Waals surface area contributed by atoms with Crippen molar-refractivity contribution >= 4 is 27.3 Å². The van der Waals surface area contributed by atoms with Crippen LogP contribution in [0.15, 0.2) is 77.7 Å². The molecular weight excluding hydrogens is 342 g/mol. The Morgan fingerprint density at radius 1 is 0.792 bits per heavy atom. The minimum Gasteiger partial charge on any atom is -0.279 e. The van der Waals surface area contributed by atoms with Crippen molar-refractivity contribution < 1.29 is 8.42 Å². The highest BCUT2D eigenvalue weighted by Gasteiger charge is 2.16. The van der Waals surface area contributed by atoms with Crippen LogP contribution in [0.3, 0.4) is 0 Å². The van der Waals surface area contributed by atoms with Gasteiger partial charge < -0.3 is 0 Å². The lowest BCUT2D eigenvalue weighted by Crippen LogP contribution is -2.13. The summed E-state index contributed by atoms with van der Waals surface area (Å²) in [6, 6.07) is 21.7. The number of nitrogens with one attached hydrogen (secondary N) is 1. The third-order valence-corrected chi connectivity index (χ3v) is 5.57. The number of sulfonamides is 1. The lowest BCUT2D eigenvalue weighted by atomic mass is 10.1. The summed E-state index contributed by atoms with van der Waals surface area (Å²) in [7, 11) is -3.66. The Kier molecular flexibility index (Phi) is 4.60. The molecule has 3 aromatic carbocycles. The first-order valence-corrected chi connectivity index (χ1v) is 9.27. The Morgan fingerprint density at radius 3 is 2.08 bits per heavy atom. The largest absolute Gasteiger partial charge is 0.279 e. The van der Waals surface area contributed by atoms with E-state index < -0.39 is 10.0 Å². The molecule has 3 aromatic rings. The molecule has 0 unspecified atom stereocenters. The van der Waals surface area contributed by atoms with Crippen molar-refractivity contribution in [2.45, 2.75) is 11.8 Å². The van der Waals surface area contributed by atoms with Crippen LogP contribution in [-0.4, -0.2) is 8.42 Å². The minimum atomic E-state index is -3.66. The summed E-state index contributed by atoms with van der Waals surface area (Å²) in [5.41, 5.74) is 3.19. The number of halogens is 1. The number of hydrogen-bond donors (Lipinski definition) is 1. The van der Waals surface area contributed by atoms with Crippen molar-refractivity contribution in [3.8, 4) is 11.1 Å². The minimum absolute atomic E-state index is 0.210. The summed E-state index contributed by atoms with van der Waals surface area (Å²) < 4.78 is 27.7. The zero-order valence-electron chi connectivity index (χ0n) is 13.0. The Bertz CT molecular complexity index is 952. The van der Waals surface area contributed by atoms with Gasteiger partial charge in [0.15, 0.2) is 0 Å². The van der Waals surface area contributed by atoms with Gasteiger partial charge >= 0.3 is 0 Å². The highest BCUT2D eigenvalue weighted by atomic mass is 35.5. The Labute approximate surface area is 147 Å². The number of anilines is 1. The van der Waals surface area contributed by atoms with Crippen molar-refractivity contribution in [3.63, 3.8) is 0 Å². The molecule has 0 aliphatic carbocycles. The van der Waals surface area contributed by atoms with E-state index in [9.17, 15) is 8.42 Å². The van der Waals surface area contributed by atoms with Crippen LogP contribution in [0.2, 0.25) is 5.02 Å². The second-order valence-electron chi connectivity index (χ2n) is 5.41. The van der Waals surface area contributed by atoms with Gasteiger partial charge in [-0.2, -0.15) is 0 Å². The average Bonchev–Trinajstić information content (AvgIpc) is 2.60. The van der Waals surface area contributed by atoms with E-state index in [2.05, 4.69) is 4.72 Å². The summed E-state index contributed by atoms with van der Waals surface area (Å²) >= 11 is 6.04. The molecule has 0 heterocycles. The van der Waals surface area contributed by atoms with Gasteiger partial charge in [0.2, 0.25) is 0 Å². The van der Waals surface area contributed by atoms with Crippen LogP contribution in [0.5, 0.6) is 0 Å². The fraction of sp³-hybridized carbons (Fsp3) is 0.0526. The van der Waals surface area contributed by atoms with E-state index >= 15 is 0 Å². The van der Waals surface area contributed by atoms with Crippen molar-refractivity contribution in [2.24, 2.45) is 0 Å². The van der Waals surface area contributed by atoms with Gasteiger partial charge in [-0.1, -0.05) is 60.1 Å². The van der Waals surface area contributed by atoms with Crippen molar-refractivity contribution in [3.05, 3.63) is 83.4 Å². The number of benzene rings is 3. The van der Waals surface area contributed by atoms with Crippen LogP contribution in [0.1, 0.15) is 5.56 Å². The summed E-state index contributed by atoms with van der Waals surface area (Å²) in [5.74, 6) is 0. The zero-order chi connectivity index (χ0) is 17.2. The lowest BCUT2D eigenvalue weighted by molar-refractivity contribution is 0.601. The Morgan fingerprint density at radius 2 is 1.42 bits per heavy atom. The highest BCUT2D eigenvalue weighted by molar-refractivity contribution is 7.92. The van der Waals surface area contributed by atoms with Gasteiger partial charge in [0.1, 0.15) is 0 Å². The molecule has 3 nitrogen and oxygen atoms in total. The van der Waals surface area contributed by atoms with Gasteiger partial charge in [0.25, 0.3) is 10.0 Å². The van der Waals surface area contributed by atoms with E-state index in [0.29, 0.717) is 16.3 Å². The maximum atomic E-state index is 12.6. The first-order valence-electron chi connectivity index (χ1n) is 7.41. The summed E-state index contributed by atoms with van der Waals surface area (Å²) in [5, 5.41) is 0.523. The molecule has 0 radical (unpaired) electrons. The molecule has 0 spiro atoms. The normalized spacial score (nSPS) is 11.2. The molecular formula is C19H16ClNO2S. The average molecular weight is 358 g/mol. The molecule has 5 heteroatoms. The smallest absolute Gasteiger partial charge is 0.261 e. The van der Waals surface area contributed by atoms with Gasteiger partial charge in [-0.15, -0.1) is 0 Å². The fourth-order valence-corrected chi connectivity index (χ4v) is 3.68. The summed E-state index contributed by atoms with van der Waals surface area (Å²) in [6.45, 7) is 1.78. The molecule has 0 aliphatic rings. The maximum absolute atomic E-state index is 12.6. The molecule has 0 amide bonds. The quantitative estimate of drug-likeness (QED) is 0.704. The highest BCUT2D eigenvalue weighted by Crippen LogP contribution is 2.26. The van der Waals surface area contributed by atoms with Crippen molar-refractivity contribution in [2.75, 3.05) is 4.72 Å². The summed E-state index contributed by atoms with van der Waals surface area (Å²) in [4.78, 5) is 0.210.